The van der Waals surface area contributed by atoms with Crippen LogP contribution in [-0.4, -0.2) is 31.2 Å². The summed E-state index contributed by atoms with van der Waals surface area (Å²) in [5.41, 5.74) is 0. The van der Waals surface area contributed by atoms with Crippen LogP contribution in [0.2, 0.25) is 0 Å². The Kier molecular flexibility index (Phi) is 6.07. The fourth-order valence-electron chi connectivity index (χ4n) is 2.52. The molecule has 0 spiro atoms. The van der Waals surface area contributed by atoms with Crippen molar-refractivity contribution in [3.05, 3.63) is 60.7 Å². The van der Waals surface area contributed by atoms with E-state index in [-0.39, 0.29) is 12.4 Å². The fraction of sp³-hybridized carbons (Fsp3) is 0.222. The van der Waals surface area contributed by atoms with Crippen LogP contribution < -0.4 is 15.9 Å². The molecule has 0 aromatic heterocycles. The monoisotopic (exact) mass is 345 g/mol. The molecule has 0 heterocycles. The smallest absolute Gasteiger partial charge is 0.246 e. The van der Waals surface area contributed by atoms with E-state index < -0.39 is 18.8 Å². The molecular weight excluding hydrogens is 325 g/mol. The largest absolute Gasteiger partial charge is 0.375 e. The van der Waals surface area contributed by atoms with Gasteiger partial charge in [-0.05, 0) is 6.92 Å². The number of rotatable bonds is 7. The van der Waals surface area contributed by atoms with Crippen molar-refractivity contribution in [1.29, 1.82) is 0 Å². The Morgan fingerprint density at radius 2 is 1.46 bits per heavy atom. The Hall–Kier alpha value is -2.23. The first-order valence-electron chi connectivity index (χ1n) is 7.50. The number of carbonyl (C=O) groups excluding carboxylic acids is 2. The summed E-state index contributed by atoms with van der Waals surface area (Å²) in [5, 5.41) is 3.62. The molecule has 24 heavy (non-hydrogen) atoms. The zero-order valence-electron chi connectivity index (χ0n) is 13.6. The molecule has 0 fully saturated rings. The molecule has 0 saturated carbocycles. The van der Waals surface area contributed by atoms with Crippen LogP contribution in [0.25, 0.3) is 0 Å². The second-order valence-electron chi connectivity index (χ2n) is 5.34. The molecule has 0 saturated heterocycles. The van der Waals surface area contributed by atoms with E-state index in [2.05, 4.69) is 5.32 Å². The summed E-state index contributed by atoms with van der Waals surface area (Å²) in [6, 6.07) is 17.5. The van der Waals surface area contributed by atoms with Gasteiger partial charge in [-0.2, -0.15) is 0 Å². The van der Waals surface area contributed by atoms with Gasteiger partial charge in [0.1, 0.15) is 12.4 Å². The third-order valence-electron chi connectivity index (χ3n) is 3.60. The predicted octanol–water partition coefficient (Wildman–Crippen LogP) is 1.68. The molecule has 1 atom stereocenters. The number of carbonyl (C=O) groups is 2. The first kappa shape index (κ1) is 18.1. The van der Waals surface area contributed by atoms with E-state index >= 15 is 0 Å². The number of hydrogen-bond donors (Lipinski definition) is 1. The number of nitrogens with one attached hydrogen (secondary N) is 1. The van der Waals surface area contributed by atoms with Crippen LogP contribution in [0.15, 0.2) is 60.7 Å². The van der Waals surface area contributed by atoms with Crippen molar-refractivity contribution in [2.24, 2.45) is 0 Å². The van der Waals surface area contributed by atoms with E-state index in [9.17, 15) is 14.2 Å². The summed E-state index contributed by atoms with van der Waals surface area (Å²) in [5.74, 6) is -1.98. The van der Waals surface area contributed by atoms with E-state index in [0.29, 0.717) is 10.6 Å². The predicted molar refractivity (Wildman–Crippen MR) is 94.2 cm³/mol. The number of hydrogen-bond acceptors (Lipinski definition) is 4. The number of ether oxygens (including phenoxy) is 1. The van der Waals surface area contributed by atoms with Gasteiger partial charge in [-0.1, -0.05) is 60.7 Å². The minimum atomic E-state index is -3.40. The molecule has 0 aliphatic rings. The van der Waals surface area contributed by atoms with Crippen LogP contribution in [0.1, 0.15) is 6.92 Å². The van der Waals surface area contributed by atoms with Gasteiger partial charge in [-0.15, -0.1) is 0 Å². The van der Waals surface area contributed by atoms with Gasteiger partial charge >= 0.3 is 0 Å². The Labute approximate surface area is 141 Å². The summed E-state index contributed by atoms with van der Waals surface area (Å²) in [4.78, 5) is 24.2. The highest BCUT2D eigenvalue weighted by atomic mass is 31.2. The molecule has 5 nitrogen and oxygen atoms in total. The van der Waals surface area contributed by atoms with Gasteiger partial charge in [-0.3, -0.25) is 9.59 Å². The minimum Gasteiger partial charge on any atom is -0.375 e. The van der Waals surface area contributed by atoms with E-state index in [1.54, 1.807) is 48.5 Å². The molecule has 1 unspecified atom stereocenters. The van der Waals surface area contributed by atoms with Gasteiger partial charge in [0.05, 0.1) is 0 Å². The van der Waals surface area contributed by atoms with Crippen molar-refractivity contribution in [3.8, 4) is 0 Å². The summed E-state index contributed by atoms with van der Waals surface area (Å²) in [6.45, 7) is 1.13. The van der Waals surface area contributed by atoms with E-state index in [1.807, 2.05) is 12.1 Å². The number of ketones is 1. The molecular formula is C18H20NO4P. The SMILES string of the molecule is COCC(=O)NC(C(C)=O)P(=O)(c1ccccc1)c1ccccc1. The molecule has 126 valence electrons. The third-order valence-corrected chi connectivity index (χ3v) is 6.95. The molecule has 0 radical (unpaired) electrons. The highest BCUT2D eigenvalue weighted by Gasteiger charge is 2.40. The summed E-state index contributed by atoms with van der Waals surface area (Å²) in [7, 11) is -2.02. The maximum Gasteiger partial charge on any atom is 0.246 e. The Balaban J connectivity index is 2.58. The number of methoxy groups -OCH3 is 1. The molecule has 0 aliphatic heterocycles. The fourth-order valence-corrected chi connectivity index (χ4v) is 5.48. The molecule has 0 bridgehead atoms. The topological polar surface area (TPSA) is 72.5 Å². The molecule has 2 aromatic rings. The lowest BCUT2D eigenvalue weighted by molar-refractivity contribution is -0.127. The van der Waals surface area contributed by atoms with Crippen LogP contribution in [0.3, 0.4) is 0 Å². The van der Waals surface area contributed by atoms with Gasteiger partial charge in [0.25, 0.3) is 0 Å². The lowest BCUT2D eigenvalue weighted by Crippen LogP contribution is -2.45. The minimum absolute atomic E-state index is 0.201. The van der Waals surface area contributed by atoms with Crippen molar-refractivity contribution in [1.82, 2.24) is 5.32 Å². The first-order valence-corrected chi connectivity index (χ1v) is 9.27. The molecule has 6 heteroatoms. The van der Waals surface area contributed by atoms with Gasteiger partial charge in [0.2, 0.25) is 5.91 Å². The highest BCUT2D eigenvalue weighted by Crippen LogP contribution is 2.47. The molecule has 0 aliphatic carbocycles. The van der Waals surface area contributed by atoms with Gasteiger partial charge < -0.3 is 14.6 Å². The van der Waals surface area contributed by atoms with Crippen molar-refractivity contribution < 1.29 is 18.9 Å². The van der Waals surface area contributed by atoms with Crippen LogP contribution >= 0.6 is 7.14 Å². The quantitative estimate of drug-likeness (QED) is 0.775. The van der Waals surface area contributed by atoms with Crippen LogP contribution in [0.4, 0.5) is 0 Å². The Bertz CT molecular complexity index is 703. The van der Waals surface area contributed by atoms with Gasteiger partial charge in [0.15, 0.2) is 12.9 Å². The molecule has 2 aromatic carbocycles. The van der Waals surface area contributed by atoms with Crippen molar-refractivity contribution >= 4 is 29.4 Å². The second-order valence-corrected chi connectivity index (χ2v) is 8.21. The standard InChI is InChI=1S/C18H20NO4P/c1-14(20)18(19-17(21)13-23-2)24(22,15-9-5-3-6-10-15)16-11-7-4-8-12-16/h3-12,18H,13H2,1-2H3,(H,19,21). The first-order chi connectivity index (χ1) is 11.5. The average molecular weight is 345 g/mol. The van der Waals surface area contributed by atoms with E-state index in [1.165, 1.54) is 14.0 Å². The van der Waals surface area contributed by atoms with Crippen LogP contribution in [-0.2, 0) is 18.9 Å². The van der Waals surface area contributed by atoms with Crippen molar-refractivity contribution in [2.45, 2.75) is 12.7 Å². The Morgan fingerprint density at radius 1 is 1.00 bits per heavy atom. The zero-order chi connectivity index (χ0) is 17.6. The third kappa shape index (κ3) is 3.81. The summed E-state index contributed by atoms with van der Waals surface area (Å²) < 4.78 is 18.8. The maximum atomic E-state index is 14.0. The van der Waals surface area contributed by atoms with Crippen LogP contribution in [0.5, 0.6) is 0 Å². The van der Waals surface area contributed by atoms with E-state index in [0.717, 1.165) is 0 Å². The zero-order valence-corrected chi connectivity index (χ0v) is 14.5. The number of Topliss-reactive ketones (excluding diaryl/α,β-unsaturated/α-hetero) is 1. The highest BCUT2D eigenvalue weighted by molar-refractivity contribution is 7.80. The summed E-state index contributed by atoms with van der Waals surface area (Å²) in [6.07, 6.45) is 0. The van der Waals surface area contributed by atoms with Gasteiger partial charge in [-0.25, -0.2) is 0 Å². The van der Waals surface area contributed by atoms with Crippen molar-refractivity contribution in [3.63, 3.8) is 0 Å². The number of amides is 1. The lowest BCUT2D eigenvalue weighted by atomic mass is 10.4. The second kappa shape index (κ2) is 8.04. The average Bonchev–Trinajstić information content (AvgIpc) is 2.60. The van der Waals surface area contributed by atoms with Crippen LogP contribution in [0, 0.1) is 0 Å². The van der Waals surface area contributed by atoms with Gasteiger partial charge in [0, 0.05) is 17.7 Å². The maximum absolute atomic E-state index is 14.0. The normalized spacial score (nSPS) is 12.4. The molecule has 2 rings (SSSR count). The molecule has 1 amide bonds. The lowest BCUT2D eigenvalue weighted by Gasteiger charge is -2.27. The summed E-state index contributed by atoms with van der Waals surface area (Å²) >= 11 is 0. The van der Waals surface area contributed by atoms with Crippen molar-refractivity contribution in [2.75, 3.05) is 13.7 Å². The van der Waals surface area contributed by atoms with E-state index in [4.69, 9.17) is 4.74 Å². The number of benzene rings is 2. The molecule has 1 N–H and O–H groups in total. The Morgan fingerprint density at radius 3 is 1.83 bits per heavy atom.